The van der Waals surface area contributed by atoms with Gasteiger partial charge in [0.05, 0.1) is 41.3 Å². The SMILES string of the molecule is CCOC(=O)C1=C(C)N=c2s/c(=C/c3ccco3)c(=O)n2C1c1ccc(OC(C)=O)c(OCC)c1. The van der Waals surface area contributed by atoms with E-state index in [1.54, 1.807) is 57.2 Å². The molecule has 0 amide bonds. The van der Waals surface area contributed by atoms with Gasteiger partial charge in [0.2, 0.25) is 0 Å². The lowest BCUT2D eigenvalue weighted by molar-refractivity contribution is -0.139. The summed E-state index contributed by atoms with van der Waals surface area (Å²) < 4.78 is 23.5. The highest BCUT2D eigenvalue weighted by molar-refractivity contribution is 7.07. The van der Waals surface area contributed by atoms with Crippen LogP contribution in [-0.4, -0.2) is 29.7 Å². The van der Waals surface area contributed by atoms with Crippen molar-refractivity contribution in [2.24, 2.45) is 4.99 Å². The quantitative estimate of drug-likeness (QED) is 0.365. The van der Waals surface area contributed by atoms with Gasteiger partial charge in [0.1, 0.15) is 5.76 Å². The second-order valence-electron chi connectivity index (χ2n) is 7.55. The van der Waals surface area contributed by atoms with E-state index >= 15 is 0 Å². The molecule has 1 aliphatic heterocycles. The van der Waals surface area contributed by atoms with E-state index in [2.05, 4.69) is 4.99 Å². The highest BCUT2D eigenvalue weighted by Crippen LogP contribution is 2.36. The number of esters is 2. The first kappa shape index (κ1) is 24.2. The Hall–Kier alpha value is -3.92. The topological polar surface area (TPSA) is 109 Å². The molecule has 1 atom stereocenters. The first-order valence-corrected chi connectivity index (χ1v) is 11.8. The van der Waals surface area contributed by atoms with Gasteiger partial charge in [-0.05, 0) is 50.6 Å². The Kier molecular flexibility index (Phi) is 7.02. The van der Waals surface area contributed by atoms with E-state index in [0.717, 1.165) is 0 Å². The Morgan fingerprint density at radius 3 is 2.66 bits per heavy atom. The maximum Gasteiger partial charge on any atom is 0.338 e. The van der Waals surface area contributed by atoms with Gasteiger partial charge in [-0.25, -0.2) is 9.79 Å². The predicted octanol–water partition coefficient (Wildman–Crippen LogP) is 2.72. The second-order valence-corrected chi connectivity index (χ2v) is 8.56. The molecule has 0 fully saturated rings. The van der Waals surface area contributed by atoms with Crippen LogP contribution in [-0.2, 0) is 14.3 Å². The van der Waals surface area contributed by atoms with Crippen molar-refractivity contribution in [3.05, 3.63) is 78.9 Å². The third-order valence-corrected chi connectivity index (χ3v) is 6.15. The number of ether oxygens (including phenoxy) is 3. The number of fused-ring (bicyclic) bond motifs is 1. The van der Waals surface area contributed by atoms with Gasteiger partial charge in [0, 0.05) is 13.0 Å². The number of nitrogens with zero attached hydrogens (tertiary/aromatic N) is 2. The van der Waals surface area contributed by atoms with E-state index in [9.17, 15) is 14.4 Å². The number of carbonyl (C=O) groups excluding carboxylic acids is 2. The van der Waals surface area contributed by atoms with Gasteiger partial charge < -0.3 is 18.6 Å². The molecule has 1 aliphatic rings. The molecule has 3 heterocycles. The molecular formula is C25H24N2O7S. The lowest BCUT2D eigenvalue weighted by Gasteiger charge is -2.25. The summed E-state index contributed by atoms with van der Waals surface area (Å²) in [5.41, 5.74) is 0.937. The van der Waals surface area contributed by atoms with Crippen molar-refractivity contribution in [1.82, 2.24) is 4.57 Å². The van der Waals surface area contributed by atoms with Crippen molar-refractivity contribution >= 4 is 29.4 Å². The van der Waals surface area contributed by atoms with Crippen LogP contribution in [0.4, 0.5) is 0 Å². The minimum Gasteiger partial charge on any atom is -0.490 e. The van der Waals surface area contributed by atoms with Crippen LogP contribution in [0.2, 0.25) is 0 Å². The van der Waals surface area contributed by atoms with E-state index in [4.69, 9.17) is 18.6 Å². The van der Waals surface area contributed by atoms with Crippen molar-refractivity contribution in [3.8, 4) is 11.5 Å². The van der Waals surface area contributed by atoms with Crippen molar-refractivity contribution in [2.75, 3.05) is 13.2 Å². The molecule has 2 aromatic heterocycles. The number of hydrogen-bond donors (Lipinski definition) is 0. The second kappa shape index (κ2) is 10.1. The number of benzene rings is 1. The zero-order valence-electron chi connectivity index (χ0n) is 19.7. The van der Waals surface area contributed by atoms with Crippen LogP contribution in [0.25, 0.3) is 6.08 Å². The molecule has 0 saturated carbocycles. The number of thiazole rings is 1. The molecule has 0 bridgehead atoms. The van der Waals surface area contributed by atoms with Crippen LogP contribution in [0.1, 0.15) is 45.1 Å². The van der Waals surface area contributed by atoms with Crippen LogP contribution in [0, 0.1) is 0 Å². The van der Waals surface area contributed by atoms with Gasteiger partial charge in [0.25, 0.3) is 5.56 Å². The Labute approximate surface area is 204 Å². The smallest absolute Gasteiger partial charge is 0.338 e. The zero-order valence-corrected chi connectivity index (χ0v) is 20.5. The maximum absolute atomic E-state index is 13.5. The number of hydrogen-bond acceptors (Lipinski definition) is 9. The summed E-state index contributed by atoms with van der Waals surface area (Å²) >= 11 is 1.20. The normalized spacial score (nSPS) is 15.4. The van der Waals surface area contributed by atoms with Gasteiger partial charge in [-0.2, -0.15) is 0 Å². The van der Waals surface area contributed by atoms with Gasteiger partial charge in [-0.1, -0.05) is 17.4 Å². The monoisotopic (exact) mass is 496 g/mol. The molecule has 1 unspecified atom stereocenters. The lowest BCUT2D eigenvalue weighted by atomic mass is 9.95. The third-order valence-electron chi connectivity index (χ3n) is 5.17. The lowest BCUT2D eigenvalue weighted by Crippen LogP contribution is -2.40. The predicted molar refractivity (Wildman–Crippen MR) is 128 cm³/mol. The average molecular weight is 497 g/mol. The van der Waals surface area contributed by atoms with Crippen LogP contribution in [0.15, 0.2) is 62.1 Å². The number of rotatable bonds is 7. The van der Waals surface area contributed by atoms with E-state index < -0.39 is 18.0 Å². The molecule has 0 N–H and O–H groups in total. The Balaban J connectivity index is 1.95. The standard InChI is InChI=1S/C25H24N2O7S/c1-5-31-19-12-16(9-10-18(19)34-15(4)28)22-21(24(30)32-6-2)14(3)26-25-27(22)23(29)20(35-25)13-17-8-7-11-33-17/h7-13,22H,5-6H2,1-4H3/b20-13+. The molecule has 0 saturated heterocycles. The molecule has 0 aliphatic carbocycles. The summed E-state index contributed by atoms with van der Waals surface area (Å²) in [5.74, 6) is 0.0219. The van der Waals surface area contributed by atoms with Crippen LogP contribution >= 0.6 is 11.3 Å². The number of allylic oxidation sites excluding steroid dienone is 1. The van der Waals surface area contributed by atoms with Crippen LogP contribution in [0.3, 0.4) is 0 Å². The van der Waals surface area contributed by atoms with E-state index in [1.807, 2.05) is 0 Å². The fourth-order valence-corrected chi connectivity index (χ4v) is 4.84. The molecule has 3 aromatic rings. The summed E-state index contributed by atoms with van der Waals surface area (Å²) in [6.45, 7) is 7.01. The summed E-state index contributed by atoms with van der Waals surface area (Å²) in [7, 11) is 0. The summed E-state index contributed by atoms with van der Waals surface area (Å²) in [6, 6.07) is 7.58. The summed E-state index contributed by atoms with van der Waals surface area (Å²) in [4.78, 5) is 43.1. The molecule has 182 valence electrons. The van der Waals surface area contributed by atoms with Gasteiger partial charge in [-0.3, -0.25) is 14.2 Å². The highest BCUT2D eigenvalue weighted by Gasteiger charge is 2.34. The number of carbonyl (C=O) groups is 2. The average Bonchev–Trinajstić information content (AvgIpc) is 3.42. The van der Waals surface area contributed by atoms with Crippen LogP contribution in [0.5, 0.6) is 11.5 Å². The van der Waals surface area contributed by atoms with Gasteiger partial charge >= 0.3 is 11.9 Å². The van der Waals surface area contributed by atoms with Crippen LogP contribution < -0.4 is 24.4 Å². The fourth-order valence-electron chi connectivity index (χ4n) is 3.81. The number of aromatic nitrogens is 1. The first-order chi connectivity index (χ1) is 16.8. The molecule has 0 radical (unpaired) electrons. The van der Waals surface area contributed by atoms with Crippen molar-refractivity contribution in [2.45, 2.75) is 33.7 Å². The van der Waals surface area contributed by atoms with Gasteiger partial charge in [0.15, 0.2) is 16.3 Å². The summed E-state index contributed by atoms with van der Waals surface area (Å²) in [5, 5.41) is 0. The molecule has 1 aromatic carbocycles. The van der Waals surface area contributed by atoms with E-state index in [0.29, 0.717) is 38.7 Å². The van der Waals surface area contributed by atoms with Crippen molar-refractivity contribution in [1.29, 1.82) is 0 Å². The molecule has 9 nitrogen and oxygen atoms in total. The first-order valence-electron chi connectivity index (χ1n) is 11.0. The largest absolute Gasteiger partial charge is 0.490 e. The van der Waals surface area contributed by atoms with E-state index in [-0.39, 0.29) is 23.5 Å². The molecule has 35 heavy (non-hydrogen) atoms. The Morgan fingerprint density at radius 2 is 2.00 bits per heavy atom. The Morgan fingerprint density at radius 1 is 1.20 bits per heavy atom. The third kappa shape index (κ3) is 4.83. The summed E-state index contributed by atoms with van der Waals surface area (Å²) in [6.07, 6.45) is 3.16. The van der Waals surface area contributed by atoms with Crippen molar-refractivity contribution < 1.29 is 28.2 Å². The van der Waals surface area contributed by atoms with Gasteiger partial charge in [-0.15, -0.1) is 0 Å². The fraction of sp³-hybridized carbons (Fsp3) is 0.280. The number of furan rings is 1. The minimum absolute atomic E-state index is 0.167. The molecule has 0 spiro atoms. The van der Waals surface area contributed by atoms with E-state index in [1.165, 1.54) is 29.1 Å². The molecule has 4 rings (SSSR count). The zero-order chi connectivity index (χ0) is 25.1. The van der Waals surface area contributed by atoms with Crippen molar-refractivity contribution in [3.63, 3.8) is 0 Å². The molecule has 10 heteroatoms. The minimum atomic E-state index is -0.824. The Bertz CT molecular complexity index is 1480. The highest BCUT2D eigenvalue weighted by atomic mass is 32.1. The maximum atomic E-state index is 13.5. The molecular weight excluding hydrogens is 472 g/mol.